The van der Waals surface area contributed by atoms with Crippen LogP contribution in [0.4, 0.5) is 149 Å². The largest absolute Gasteiger partial charge is 0.460 e. The van der Waals surface area contributed by atoms with Gasteiger partial charge in [-0.1, -0.05) is 11.2 Å². The molecule has 0 heterocycles. The summed E-state index contributed by atoms with van der Waals surface area (Å²) in [5.74, 6) is -120. The highest BCUT2D eigenvalue weighted by Gasteiger charge is 2.96. The van der Waals surface area contributed by atoms with Crippen LogP contribution in [-0.2, 0) is 0 Å². The van der Waals surface area contributed by atoms with Crippen molar-refractivity contribution >= 4 is 18.5 Å². The number of halogens is 35. The molecule has 0 rings (SSSR count). The van der Waals surface area contributed by atoms with E-state index in [2.05, 4.69) is 0 Å². The Hall–Kier alpha value is -1.66. The first-order valence-corrected chi connectivity index (χ1v) is 15.1. The molecule has 0 radical (unpaired) electrons. The lowest BCUT2D eigenvalue weighted by Crippen LogP contribution is -2.74. The SMILES string of the molecule is FC(F)(F)C(F)(F)C(F)(F)C(F)(F)C(F)(F)C(F)(F)C(F)(F)C(F)(F)CCP(Cl)CCC(F)(F)C(F)(F)C(F)(F)C(F)(F)C(F)(F)C(F)(F)C(F)(F)C(F)(F)F. The fourth-order valence-electron chi connectivity index (χ4n) is 3.34. The Balaban J connectivity index is 6.49. The van der Waals surface area contributed by atoms with Crippen molar-refractivity contribution in [3.8, 4) is 0 Å². The van der Waals surface area contributed by atoms with Gasteiger partial charge in [0.2, 0.25) is 0 Å². The van der Waals surface area contributed by atoms with Gasteiger partial charge in [0.05, 0.1) is 0 Å². The molecule has 0 aromatic heterocycles. The summed E-state index contributed by atoms with van der Waals surface area (Å²) >= 11 is 4.87. The number of rotatable bonds is 18. The molecule has 0 aliphatic carbocycles. The fourth-order valence-corrected chi connectivity index (χ4v) is 5.12. The van der Waals surface area contributed by atoms with Crippen LogP contribution in [0.1, 0.15) is 12.8 Å². The highest BCUT2D eigenvalue weighted by Crippen LogP contribution is 2.67. The molecule has 0 aromatic rings. The van der Waals surface area contributed by atoms with Crippen LogP contribution >= 0.6 is 18.5 Å². The molecule has 0 aromatic carbocycles. The van der Waals surface area contributed by atoms with Gasteiger partial charge >= 0.3 is 95.3 Å². The summed E-state index contributed by atoms with van der Waals surface area (Å²) in [6, 6.07) is 0. The maximum absolute atomic E-state index is 13.9. The molecule has 338 valence electrons. The number of hydrogen-bond acceptors (Lipinski definition) is 0. The molecule has 0 aliphatic rings. The van der Waals surface area contributed by atoms with E-state index in [0.717, 1.165) is 0 Å². The van der Waals surface area contributed by atoms with Crippen molar-refractivity contribution < 1.29 is 149 Å². The third-order valence-corrected chi connectivity index (χ3v) is 9.34. The van der Waals surface area contributed by atoms with E-state index >= 15 is 0 Å². The van der Waals surface area contributed by atoms with Gasteiger partial charge in [-0.2, -0.15) is 149 Å². The molecular weight excluding hydrogens is 953 g/mol. The highest BCUT2D eigenvalue weighted by atomic mass is 35.7. The third kappa shape index (κ3) is 7.42. The summed E-state index contributed by atoms with van der Waals surface area (Å²) in [6.07, 6.45) is -28.5. The number of hydrogen-bond donors (Lipinski definition) is 0. The third-order valence-electron chi connectivity index (χ3n) is 6.91. The van der Waals surface area contributed by atoms with Gasteiger partial charge in [0.25, 0.3) is 0 Å². The van der Waals surface area contributed by atoms with Crippen LogP contribution in [0.2, 0.25) is 0 Å². The Labute approximate surface area is 289 Å². The van der Waals surface area contributed by atoms with E-state index in [1.807, 2.05) is 0 Å². The van der Waals surface area contributed by atoms with Crippen molar-refractivity contribution in [2.24, 2.45) is 0 Å². The van der Waals surface area contributed by atoms with Gasteiger partial charge in [-0.3, -0.25) is 0 Å². The Morgan fingerprint density at radius 3 is 0.536 bits per heavy atom. The van der Waals surface area contributed by atoms with Gasteiger partial charge < -0.3 is 0 Å². The normalized spacial score (nSPS) is 16.9. The first kappa shape index (κ1) is 54.3. The summed E-state index contributed by atoms with van der Waals surface area (Å²) in [7, 11) is -4.07. The molecule has 0 fully saturated rings. The Bertz CT molecular complexity index is 1270. The minimum absolute atomic E-state index is 2.62. The fraction of sp³-hybridized carbons (Fsp3) is 1.00. The van der Waals surface area contributed by atoms with Crippen molar-refractivity contribution in [1.82, 2.24) is 0 Å². The van der Waals surface area contributed by atoms with E-state index in [1.165, 1.54) is 0 Å². The van der Waals surface area contributed by atoms with Gasteiger partial charge in [-0.15, -0.1) is 0 Å². The van der Waals surface area contributed by atoms with E-state index in [-0.39, 0.29) is 0 Å². The predicted octanol–water partition coefficient (Wildman–Crippen LogP) is 13.4. The summed E-state index contributed by atoms with van der Waals surface area (Å²) in [5.41, 5.74) is 0. The van der Waals surface area contributed by atoms with Crippen LogP contribution < -0.4 is 0 Å². The lowest BCUT2D eigenvalue weighted by atomic mass is 9.88. The quantitative estimate of drug-likeness (QED) is 0.0949. The van der Waals surface area contributed by atoms with E-state index in [9.17, 15) is 149 Å². The van der Waals surface area contributed by atoms with Crippen LogP contribution in [0.3, 0.4) is 0 Å². The Kier molecular flexibility index (Phi) is 13.8. The Morgan fingerprint density at radius 1 is 0.232 bits per heavy atom. The molecule has 36 heteroatoms. The minimum Gasteiger partial charge on any atom is -0.200 e. The predicted molar refractivity (Wildman–Crippen MR) is 113 cm³/mol. The monoisotopic (exact) mass is 960 g/mol. The van der Waals surface area contributed by atoms with Crippen molar-refractivity contribution in [2.45, 2.75) is 108 Å². The second-order valence-corrected chi connectivity index (χ2v) is 14.0. The van der Waals surface area contributed by atoms with E-state index < -0.39 is 128 Å². The molecule has 0 bridgehead atoms. The lowest BCUT2D eigenvalue weighted by molar-refractivity contribution is -0.461. The highest BCUT2D eigenvalue weighted by molar-refractivity contribution is 7.83. The zero-order valence-corrected chi connectivity index (χ0v) is 26.2. The first-order chi connectivity index (χ1) is 23.6. The zero-order valence-electron chi connectivity index (χ0n) is 24.5. The zero-order chi connectivity index (χ0) is 46.4. The summed E-state index contributed by atoms with van der Waals surface area (Å²) in [4.78, 5) is 0. The molecule has 56 heavy (non-hydrogen) atoms. The summed E-state index contributed by atoms with van der Waals surface area (Å²) < 4.78 is 451. The van der Waals surface area contributed by atoms with Crippen LogP contribution in [0.25, 0.3) is 0 Å². The van der Waals surface area contributed by atoms with Crippen LogP contribution in [0, 0.1) is 0 Å². The van der Waals surface area contributed by atoms with Crippen LogP contribution in [-0.4, -0.2) is 108 Å². The lowest BCUT2D eigenvalue weighted by Gasteiger charge is -2.43. The molecule has 0 spiro atoms. The van der Waals surface area contributed by atoms with Crippen molar-refractivity contribution in [2.75, 3.05) is 12.3 Å². The van der Waals surface area contributed by atoms with E-state index in [0.29, 0.717) is 0 Å². The van der Waals surface area contributed by atoms with Crippen molar-refractivity contribution in [3.63, 3.8) is 0 Å². The average Bonchev–Trinajstić information content (AvgIpc) is 2.96. The number of alkyl halides is 34. The summed E-state index contributed by atoms with van der Waals surface area (Å²) in [5, 5.41) is 0. The van der Waals surface area contributed by atoms with Crippen LogP contribution in [0.5, 0.6) is 0 Å². The maximum atomic E-state index is 13.9. The van der Waals surface area contributed by atoms with Gasteiger partial charge in [0.1, 0.15) is 0 Å². The second kappa shape index (κ2) is 14.2. The molecule has 0 N–H and O–H groups in total. The minimum atomic E-state index is -9.10. The molecule has 0 aliphatic heterocycles. The van der Waals surface area contributed by atoms with Gasteiger partial charge in [0.15, 0.2) is 0 Å². The van der Waals surface area contributed by atoms with Crippen LogP contribution in [0.15, 0.2) is 0 Å². The molecule has 0 unspecified atom stereocenters. The van der Waals surface area contributed by atoms with E-state index in [1.54, 1.807) is 0 Å². The summed E-state index contributed by atoms with van der Waals surface area (Å²) in [6.45, 7) is 0. The Morgan fingerprint density at radius 2 is 0.375 bits per heavy atom. The van der Waals surface area contributed by atoms with Crippen molar-refractivity contribution in [3.05, 3.63) is 0 Å². The standard InChI is InChI=1S/C20H8ClF34P/c21-56(3-1-5(22,23)7(26,27)9(30,31)11(34,35)13(38,39)15(42,43)17(46,47)19(50,51)52)4-2-6(24,25)8(28,29)10(32,33)12(36,37)14(40,41)16(44,45)18(48,49)20(53,54)55/h1-4H2. The first-order valence-electron chi connectivity index (χ1n) is 12.4. The maximum Gasteiger partial charge on any atom is 0.460 e. The van der Waals surface area contributed by atoms with Gasteiger partial charge in [-0.05, 0) is 19.6 Å². The molecule has 0 saturated carbocycles. The topological polar surface area (TPSA) is 0 Å². The molecular formula is C20H8ClF34P. The van der Waals surface area contributed by atoms with Gasteiger partial charge in [0, 0.05) is 12.8 Å². The average molecular weight is 961 g/mol. The smallest absolute Gasteiger partial charge is 0.200 e. The molecule has 0 nitrogen and oxygen atoms in total. The van der Waals surface area contributed by atoms with E-state index in [4.69, 9.17) is 11.2 Å². The molecule has 0 amide bonds. The second-order valence-electron chi connectivity index (χ2n) is 10.7. The molecule has 0 atom stereocenters. The molecule has 0 saturated heterocycles. The van der Waals surface area contributed by atoms with Crippen molar-refractivity contribution in [1.29, 1.82) is 0 Å². The van der Waals surface area contributed by atoms with Gasteiger partial charge in [-0.25, -0.2) is 0 Å².